The van der Waals surface area contributed by atoms with Crippen LogP contribution < -0.4 is 15.5 Å². The first kappa shape index (κ1) is 24.6. The van der Waals surface area contributed by atoms with Gasteiger partial charge in [0.15, 0.2) is 11.7 Å². The lowest BCUT2D eigenvalue weighted by Crippen LogP contribution is -2.52. The number of hydrogen-bond acceptors (Lipinski definition) is 4. The number of anilines is 2. The smallest absolute Gasteiger partial charge is 0.291 e. The molecule has 1 saturated heterocycles. The Morgan fingerprint density at radius 2 is 1.76 bits per heavy atom. The number of nitrogens with zero attached hydrogens (tertiary/aromatic N) is 3. The van der Waals surface area contributed by atoms with E-state index >= 15 is 0 Å². The summed E-state index contributed by atoms with van der Waals surface area (Å²) in [5.74, 6) is 0.617. The molecule has 0 saturated carbocycles. The first-order chi connectivity index (χ1) is 15.6. The first-order valence-electron chi connectivity index (χ1n) is 10.5. The standard InChI is InChI=1S/C24H26FN5O2.HI/c1-26-24(30-14-12-29(13-15-30)21-6-3-2-5-20(21)25)27-17-18-8-10-19(11-9-18)28-23(31)22-7-4-16-32-22;/h2-11,16H,12-15,17H2,1H3,(H,26,27)(H,28,31);1H. The Balaban J connectivity index is 0.00000306. The lowest BCUT2D eigenvalue weighted by Gasteiger charge is -2.37. The second-order valence-electron chi connectivity index (χ2n) is 7.45. The highest BCUT2D eigenvalue weighted by Gasteiger charge is 2.21. The molecule has 174 valence electrons. The summed E-state index contributed by atoms with van der Waals surface area (Å²) in [5, 5.41) is 6.19. The van der Waals surface area contributed by atoms with E-state index in [1.165, 1.54) is 12.3 Å². The van der Waals surface area contributed by atoms with E-state index in [9.17, 15) is 9.18 Å². The number of rotatable bonds is 5. The summed E-state index contributed by atoms with van der Waals surface area (Å²) in [6.45, 7) is 3.57. The van der Waals surface area contributed by atoms with Crippen LogP contribution in [0.1, 0.15) is 16.1 Å². The van der Waals surface area contributed by atoms with Crippen molar-refractivity contribution < 1.29 is 13.6 Å². The largest absolute Gasteiger partial charge is 0.459 e. The van der Waals surface area contributed by atoms with E-state index < -0.39 is 0 Å². The van der Waals surface area contributed by atoms with Crippen molar-refractivity contribution in [2.75, 3.05) is 43.4 Å². The Hall–Kier alpha value is -3.08. The molecule has 1 aliphatic rings. The van der Waals surface area contributed by atoms with Gasteiger partial charge in [0.05, 0.1) is 12.0 Å². The van der Waals surface area contributed by atoms with Gasteiger partial charge in [-0.3, -0.25) is 9.79 Å². The number of halogens is 2. The van der Waals surface area contributed by atoms with Gasteiger partial charge in [0.2, 0.25) is 0 Å². The minimum absolute atomic E-state index is 0. The molecule has 7 nitrogen and oxygen atoms in total. The Morgan fingerprint density at radius 3 is 2.39 bits per heavy atom. The normalized spacial score (nSPS) is 13.9. The lowest BCUT2D eigenvalue weighted by atomic mass is 10.2. The number of carbonyl (C=O) groups excluding carboxylic acids is 1. The van der Waals surface area contributed by atoms with Crippen molar-refractivity contribution in [1.29, 1.82) is 0 Å². The second-order valence-corrected chi connectivity index (χ2v) is 7.45. The Morgan fingerprint density at radius 1 is 1.03 bits per heavy atom. The van der Waals surface area contributed by atoms with Gasteiger partial charge >= 0.3 is 0 Å². The number of hydrogen-bond donors (Lipinski definition) is 2. The molecule has 2 N–H and O–H groups in total. The summed E-state index contributed by atoms with van der Waals surface area (Å²) >= 11 is 0. The molecule has 1 aliphatic heterocycles. The second kappa shape index (κ2) is 11.7. The third-order valence-corrected chi connectivity index (χ3v) is 5.39. The van der Waals surface area contributed by atoms with Gasteiger partial charge in [0.25, 0.3) is 5.91 Å². The summed E-state index contributed by atoms with van der Waals surface area (Å²) in [4.78, 5) is 20.7. The molecule has 0 bridgehead atoms. The molecular weight excluding hydrogens is 536 g/mol. The molecule has 2 aromatic carbocycles. The molecule has 0 spiro atoms. The van der Waals surface area contributed by atoms with E-state index in [1.807, 2.05) is 36.4 Å². The van der Waals surface area contributed by atoms with Crippen LogP contribution in [0.4, 0.5) is 15.8 Å². The van der Waals surface area contributed by atoms with Crippen molar-refractivity contribution in [3.63, 3.8) is 0 Å². The molecule has 0 atom stereocenters. The van der Waals surface area contributed by atoms with Gasteiger partial charge in [-0.1, -0.05) is 24.3 Å². The summed E-state index contributed by atoms with van der Waals surface area (Å²) in [7, 11) is 1.76. The van der Waals surface area contributed by atoms with E-state index in [2.05, 4.69) is 25.4 Å². The number of furan rings is 1. The molecular formula is C24H27FIN5O2. The van der Waals surface area contributed by atoms with Crippen LogP contribution in [0.3, 0.4) is 0 Å². The Kier molecular flexibility index (Phi) is 8.70. The third-order valence-electron chi connectivity index (χ3n) is 5.39. The van der Waals surface area contributed by atoms with Crippen molar-refractivity contribution in [3.05, 3.63) is 84.1 Å². The Bertz CT molecular complexity index is 1060. The van der Waals surface area contributed by atoms with Crippen LogP contribution in [0.2, 0.25) is 0 Å². The predicted octanol–water partition coefficient (Wildman–Crippen LogP) is 4.19. The molecule has 33 heavy (non-hydrogen) atoms. The van der Waals surface area contributed by atoms with E-state index in [-0.39, 0.29) is 41.5 Å². The number of piperazine rings is 1. The number of benzene rings is 2. The van der Waals surface area contributed by atoms with Crippen molar-refractivity contribution in [3.8, 4) is 0 Å². The van der Waals surface area contributed by atoms with Crippen LogP contribution in [0.5, 0.6) is 0 Å². The fourth-order valence-corrected chi connectivity index (χ4v) is 3.69. The molecule has 4 rings (SSSR count). The fourth-order valence-electron chi connectivity index (χ4n) is 3.69. The van der Waals surface area contributed by atoms with E-state index in [0.717, 1.165) is 37.7 Å². The van der Waals surface area contributed by atoms with Crippen LogP contribution in [-0.2, 0) is 6.54 Å². The zero-order chi connectivity index (χ0) is 22.3. The number of aliphatic imine (C=N–C) groups is 1. The molecule has 1 amide bonds. The molecule has 1 aromatic heterocycles. The predicted molar refractivity (Wildman–Crippen MR) is 139 cm³/mol. The monoisotopic (exact) mass is 563 g/mol. The maximum Gasteiger partial charge on any atom is 0.291 e. The average molecular weight is 563 g/mol. The first-order valence-corrected chi connectivity index (χ1v) is 10.5. The highest BCUT2D eigenvalue weighted by molar-refractivity contribution is 14.0. The average Bonchev–Trinajstić information content (AvgIpc) is 3.37. The lowest BCUT2D eigenvalue weighted by molar-refractivity contribution is 0.0996. The highest BCUT2D eigenvalue weighted by Crippen LogP contribution is 2.20. The van der Waals surface area contributed by atoms with Crippen LogP contribution in [0, 0.1) is 5.82 Å². The SMILES string of the molecule is CN=C(NCc1ccc(NC(=O)c2ccco2)cc1)N1CCN(c2ccccc2F)CC1.I. The van der Waals surface area contributed by atoms with Gasteiger partial charge in [-0.2, -0.15) is 0 Å². The van der Waals surface area contributed by atoms with Crippen LogP contribution in [0.25, 0.3) is 0 Å². The van der Waals surface area contributed by atoms with Gasteiger partial charge < -0.3 is 24.9 Å². The van der Waals surface area contributed by atoms with Crippen molar-refractivity contribution in [2.45, 2.75) is 6.54 Å². The Labute approximate surface area is 209 Å². The quantitative estimate of drug-likeness (QED) is 0.277. The summed E-state index contributed by atoms with van der Waals surface area (Å²) in [6, 6.07) is 17.8. The van der Waals surface area contributed by atoms with Gasteiger partial charge in [0.1, 0.15) is 5.82 Å². The van der Waals surface area contributed by atoms with Crippen molar-refractivity contribution in [1.82, 2.24) is 10.2 Å². The molecule has 3 aromatic rings. The summed E-state index contributed by atoms with van der Waals surface area (Å²) < 4.78 is 19.2. The minimum atomic E-state index is -0.282. The molecule has 9 heteroatoms. The molecule has 0 radical (unpaired) electrons. The van der Waals surface area contributed by atoms with Crippen molar-refractivity contribution >= 4 is 47.2 Å². The third kappa shape index (κ3) is 6.25. The molecule has 0 unspecified atom stereocenters. The number of para-hydroxylation sites is 1. The molecule has 1 fully saturated rings. The zero-order valence-electron chi connectivity index (χ0n) is 18.3. The van der Waals surface area contributed by atoms with Gasteiger partial charge in [-0.15, -0.1) is 24.0 Å². The highest BCUT2D eigenvalue weighted by atomic mass is 127. The maximum absolute atomic E-state index is 14.1. The zero-order valence-corrected chi connectivity index (χ0v) is 20.7. The number of guanidine groups is 1. The summed E-state index contributed by atoms with van der Waals surface area (Å²) in [5.41, 5.74) is 2.41. The minimum Gasteiger partial charge on any atom is -0.459 e. The van der Waals surface area contributed by atoms with E-state index in [0.29, 0.717) is 17.9 Å². The van der Waals surface area contributed by atoms with Crippen LogP contribution in [-0.4, -0.2) is 50.0 Å². The van der Waals surface area contributed by atoms with Crippen LogP contribution in [0.15, 0.2) is 76.3 Å². The molecule has 0 aliphatic carbocycles. The number of nitrogens with one attached hydrogen (secondary N) is 2. The van der Waals surface area contributed by atoms with Gasteiger partial charge in [-0.05, 0) is 42.0 Å². The maximum atomic E-state index is 14.1. The van der Waals surface area contributed by atoms with Crippen molar-refractivity contribution in [2.24, 2.45) is 4.99 Å². The van der Waals surface area contributed by atoms with Gasteiger partial charge in [-0.25, -0.2) is 4.39 Å². The fraction of sp³-hybridized carbons (Fsp3) is 0.250. The number of carbonyl (C=O) groups is 1. The molecule has 2 heterocycles. The number of amides is 1. The van der Waals surface area contributed by atoms with E-state index in [1.54, 1.807) is 25.2 Å². The topological polar surface area (TPSA) is 73.1 Å². The van der Waals surface area contributed by atoms with Gasteiger partial charge in [0, 0.05) is 45.5 Å². The summed E-state index contributed by atoms with van der Waals surface area (Å²) in [6.07, 6.45) is 1.47. The van der Waals surface area contributed by atoms with Crippen LogP contribution >= 0.6 is 24.0 Å². The van der Waals surface area contributed by atoms with E-state index in [4.69, 9.17) is 4.42 Å².